The number of hydrogen-bond donors (Lipinski definition) is 0. The topological polar surface area (TPSA) is 49.9 Å². The third kappa shape index (κ3) is 5.92. The Balaban J connectivity index is 1.68. The lowest BCUT2D eigenvalue weighted by atomic mass is 9.79. The van der Waals surface area contributed by atoms with Crippen LogP contribution in [0.15, 0.2) is 30.3 Å². The molecule has 1 saturated heterocycles. The van der Waals surface area contributed by atoms with E-state index in [0.717, 1.165) is 10.5 Å². The summed E-state index contributed by atoms with van der Waals surface area (Å²) in [4.78, 5) is 27.2. The Kier molecular flexibility index (Phi) is 6.31. The van der Waals surface area contributed by atoms with Crippen molar-refractivity contribution in [2.75, 3.05) is 19.6 Å². The summed E-state index contributed by atoms with van der Waals surface area (Å²) in [7, 11) is 0. The number of benzene rings is 1. The van der Waals surface area contributed by atoms with Gasteiger partial charge in [-0.3, -0.25) is 4.79 Å². The number of ether oxygens (including phenoxy) is 1. The van der Waals surface area contributed by atoms with Gasteiger partial charge in [0.05, 0.1) is 0 Å². The summed E-state index contributed by atoms with van der Waals surface area (Å²) in [6, 6.07) is 8.91. The molecule has 0 radical (unpaired) electrons. The third-order valence-corrected chi connectivity index (χ3v) is 6.06. The first-order valence-electron chi connectivity index (χ1n) is 10.7. The van der Waals surface area contributed by atoms with Crippen molar-refractivity contribution in [3.63, 3.8) is 0 Å². The van der Waals surface area contributed by atoms with Crippen LogP contribution >= 0.6 is 0 Å². The molecule has 2 unspecified atom stereocenters. The van der Waals surface area contributed by atoms with Crippen LogP contribution in [0.5, 0.6) is 0 Å². The van der Waals surface area contributed by atoms with Crippen molar-refractivity contribution in [1.82, 2.24) is 9.80 Å². The molecule has 0 bridgehead atoms. The minimum atomic E-state index is -4.91. The van der Waals surface area contributed by atoms with Gasteiger partial charge in [-0.25, -0.2) is 4.79 Å². The van der Waals surface area contributed by atoms with Crippen LogP contribution in [0.25, 0.3) is 0 Å². The van der Waals surface area contributed by atoms with Gasteiger partial charge < -0.3 is 14.5 Å². The van der Waals surface area contributed by atoms with E-state index in [4.69, 9.17) is 4.74 Å². The zero-order valence-electron chi connectivity index (χ0n) is 18.5. The Labute approximate surface area is 181 Å². The van der Waals surface area contributed by atoms with Gasteiger partial charge in [0.15, 0.2) is 0 Å². The fourth-order valence-electron chi connectivity index (χ4n) is 4.21. The number of rotatable bonds is 4. The van der Waals surface area contributed by atoms with E-state index in [1.54, 1.807) is 25.7 Å². The SMILES string of the molecule is CC1(CN(C(=O)C(F)(F)F)C2CC2c2ccccc2)CCN(C(=O)OC(C)(C)C)CC1. The van der Waals surface area contributed by atoms with Crippen LogP contribution in [-0.2, 0) is 9.53 Å². The second kappa shape index (κ2) is 8.36. The number of carbonyl (C=O) groups excluding carboxylic acids is 2. The van der Waals surface area contributed by atoms with Gasteiger partial charge >= 0.3 is 18.2 Å². The highest BCUT2D eigenvalue weighted by atomic mass is 19.4. The van der Waals surface area contributed by atoms with E-state index < -0.39 is 35.2 Å². The largest absolute Gasteiger partial charge is 0.471 e. The van der Waals surface area contributed by atoms with Crippen molar-refractivity contribution < 1.29 is 27.5 Å². The van der Waals surface area contributed by atoms with Gasteiger partial charge in [0, 0.05) is 31.6 Å². The molecule has 2 fully saturated rings. The summed E-state index contributed by atoms with van der Waals surface area (Å²) in [5, 5.41) is 0. The van der Waals surface area contributed by atoms with Crippen LogP contribution in [0.2, 0.25) is 0 Å². The Morgan fingerprint density at radius 1 is 1.13 bits per heavy atom. The van der Waals surface area contributed by atoms with Gasteiger partial charge in [-0.1, -0.05) is 37.3 Å². The summed E-state index contributed by atoms with van der Waals surface area (Å²) < 4.78 is 45.5. The summed E-state index contributed by atoms with van der Waals surface area (Å²) in [6.45, 7) is 8.09. The maximum atomic E-state index is 13.4. The van der Waals surface area contributed by atoms with Crippen LogP contribution in [0, 0.1) is 5.41 Å². The number of piperidine rings is 1. The Hall–Kier alpha value is -2.25. The predicted molar refractivity (Wildman–Crippen MR) is 111 cm³/mol. The van der Waals surface area contributed by atoms with Crippen LogP contribution in [-0.4, -0.2) is 59.3 Å². The molecular formula is C23H31F3N2O3. The van der Waals surface area contributed by atoms with Gasteiger partial charge in [-0.05, 0) is 51.0 Å². The molecule has 2 atom stereocenters. The Morgan fingerprint density at radius 2 is 1.71 bits per heavy atom. The molecule has 1 aliphatic heterocycles. The van der Waals surface area contributed by atoms with Crippen molar-refractivity contribution in [2.24, 2.45) is 5.41 Å². The molecule has 1 saturated carbocycles. The minimum absolute atomic E-state index is 0.0293. The molecule has 0 spiro atoms. The maximum Gasteiger partial charge on any atom is 0.471 e. The highest BCUT2D eigenvalue weighted by Crippen LogP contribution is 2.47. The lowest BCUT2D eigenvalue weighted by Crippen LogP contribution is -2.51. The smallest absolute Gasteiger partial charge is 0.444 e. The number of carbonyl (C=O) groups is 2. The van der Waals surface area contributed by atoms with Gasteiger partial charge in [-0.15, -0.1) is 0 Å². The number of amides is 2. The van der Waals surface area contributed by atoms with Gasteiger partial charge in [-0.2, -0.15) is 13.2 Å². The lowest BCUT2D eigenvalue weighted by Gasteiger charge is -2.42. The van der Waals surface area contributed by atoms with Gasteiger partial charge in [0.1, 0.15) is 5.60 Å². The number of halogens is 3. The molecule has 0 aromatic heterocycles. The molecule has 8 heteroatoms. The summed E-state index contributed by atoms with van der Waals surface area (Å²) in [6.07, 6.45) is -3.76. The van der Waals surface area contributed by atoms with Gasteiger partial charge in [0.2, 0.25) is 0 Å². The van der Waals surface area contributed by atoms with E-state index in [9.17, 15) is 22.8 Å². The van der Waals surface area contributed by atoms with E-state index >= 15 is 0 Å². The first-order valence-corrected chi connectivity index (χ1v) is 10.7. The van der Waals surface area contributed by atoms with E-state index in [0.29, 0.717) is 32.4 Å². The fourth-order valence-corrected chi connectivity index (χ4v) is 4.21. The molecular weight excluding hydrogens is 409 g/mol. The summed E-state index contributed by atoms with van der Waals surface area (Å²) in [5.41, 5.74) is -0.146. The first-order chi connectivity index (χ1) is 14.3. The monoisotopic (exact) mass is 440 g/mol. The third-order valence-electron chi connectivity index (χ3n) is 6.06. The zero-order chi connectivity index (χ0) is 23.0. The molecule has 0 N–H and O–H groups in total. The molecule has 1 aromatic rings. The average molecular weight is 441 g/mol. The van der Waals surface area contributed by atoms with Crippen LogP contribution in [0.1, 0.15) is 58.4 Å². The molecule has 1 aliphatic carbocycles. The van der Waals surface area contributed by atoms with E-state index in [-0.39, 0.29) is 12.5 Å². The van der Waals surface area contributed by atoms with Crippen LogP contribution < -0.4 is 0 Å². The van der Waals surface area contributed by atoms with Crippen molar-refractivity contribution in [1.29, 1.82) is 0 Å². The standard InChI is InChI=1S/C23H31F3N2O3/c1-21(2,3)31-20(30)27-12-10-22(4,11-13-27)15-28(19(29)23(24,25)26)18-14-17(18)16-8-6-5-7-9-16/h5-9,17-18H,10-15H2,1-4H3. The molecule has 3 rings (SSSR count). The predicted octanol–water partition coefficient (Wildman–Crippen LogP) is 4.97. The zero-order valence-corrected chi connectivity index (χ0v) is 18.5. The molecule has 1 heterocycles. The quantitative estimate of drug-likeness (QED) is 0.664. The Bertz CT molecular complexity index is 797. The minimum Gasteiger partial charge on any atom is -0.444 e. The van der Waals surface area contributed by atoms with Gasteiger partial charge in [0.25, 0.3) is 0 Å². The highest BCUT2D eigenvalue weighted by Gasteiger charge is 2.53. The molecule has 1 aromatic carbocycles. The highest BCUT2D eigenvalue weighted by molar-refractivity contribution is 5.82. The Morgan fingerprint density at radius 3 is 2.23 bits per heavy atom. The second-order valence-electron chi connectivity index (χ2n) is 10.0. The molecule has 2 aliphatic rings. The van der Waals surface area contributed by atoms with E-state index in [1.165, 1.54) is 0 Å². The molecule has 31 heavy (non-hydrogen) atoms. The van der Waals surface area contributed by atoms with Crippen molar-refractivity contribution >= 4 is 12.0 Å². The van der Waals surface area contributed by atoms with Crippen LogP contribution in [0.3, 0.4) is 0 Å². The molecule has 5 nitrogen and oxygen atoms in total. The molecule has 172 valence electrons. The number of nitrogens with zero attached hydrogens (tertiary/aromatic N) is 2. The van der Waals surface area contributed by atoms with Crippen molar-refractivity contribution in [2.45, 2.75) is 70.7 Å². The number of alkyl halides is 3. The first kappa shape index (κ1) is 23.4. The number of hydrogen-bond acceptors (Lipinski definition) is 3. The summed E-state index contributed by atoms with van der Waals surface area (Å²) in [5.74, 6) is -1.84. The van der Waals surface area contributed by atoms with Crippen LogP contribution in [0.4, 0.5) is 18.0 Å². The normalized spacial score (nSPS) is 23.3. The summed E-state index contributed by atoms with van der Waals surface area (Å²) >= 11 is 0. The van der Waals surface area contributed by atoms with Crippen molar-refractivity contribution in [3.05, 3.63) is 35.9 Å². The fraction of sp³-hybridized carbons (Fsp3) is 0.652. The van der Waals surface area contributed by atoms with Crippen molar-refractivity contribution in [3.8, 4) is 0 Å². The maximum absolute atomic E-state index is 13.4. The van der Waals surface area contributed by atoms with E-state index in [2.05, 4.69) is 0 Å². The average Bonchev–Trinajstić information content (AvgIpc) is 3.45. The number of likely N-dealkylation sites (tertiary alicyclic amines) is 1. The van der Waals surface area contributed by atoms with E-state index in [1.807, 2.05) is 37.3 Å². The molecule has 2 amide bonds. The second-order valence-corrected chi connectivity index (χ2v) is 10.0. The lowest BCUT2D eigenvalue weighted by molar-refractivity contribution is -0.188.